The average molecular weight is 543 g/mol. The van der Waals surface area contributed by atoms with E-state index in [1.54, 1.807) is 22.2 Å². The smallest absolute Gasteiger partial charge is 0.320 e. The molecular weight excluding hydrogens is 514 g/mol. The van der Waals surface area contributed by atoms with Crippen molar-refractivity contribution in [3.05, 3.63) is 95.3 Å². The highest BCUT2D eigenvalue weighted by Crippen LogP contribution is 2.36. The minimum absolute atomic E-state index is 0.0124. The van der Waals surface area contributed by atoms with Crippen LogP contribution in [-0.4, -0.2) is 51.3 Å². The van der Waals surface area contributed by atoms with Crippen molar-refractivity contribution in [2.75, 3.05) is 19.7 Å². The SMILES string of the molecule is Cc1cc(-c2ccc(-c3ncc[nH]3)cc2)cc2c1OCCN(C(=O)N1CCC(=O)CC1c1ccc(F)c(F)c1)C2. The molecule has 0 bridgehead atoms. The van der Waals surface area contributed by atoms with E-state index in [9.17, 15) is 18.4 Å². The molecule has 2 aliphatic rings. The van der Waals surface area contributed by atoms with Crippen LogP contribution in [0.25, 0.3) is 22.5 Å². The van der Waals surface area contributed by atoms with Crippen molar-refractivity contribution >= 4 is 11.8 Å². The molecule has 3 heterocycles. The first-order valence-corrected chi connectivity index (χ1v) is 13.3. The molecule has 1 saturated heterocycles. The molecule has 40 heavy (non-hydrogen) atoms. The number of likely N-dealkylation sites (tertiary alicyclic amines) is 1. The quantitative estimate of drug-likeness (QED) is 0.342. The van der Waals surface area contributed by atoms with E-state index in [-0.39, 0.29) is 31.2 Å². The number of nitrogens with one attached hydrogen (secondary N) is 1. The molecule has 0 radical (unpaired) electrons. The summed E-state index contributed by atoms with van der Waals surface area (Å²) >= 11 is 0. The number of ether oxygens (including phenoxy) is 1. The molecule has 7 nitrogen and oxygen atoms in total. The molecule has 1 unspecified atom stereocenters. The maximum Gasteiger partial charge on any atom is 0.320 e. The van der Waals surface area contributed by atoms with Gasteiger partial charge in [0.15, 0.2) is 11.6 Å². The summed E-state index contributed by atoms with van der Waals surface area (Å²) in [6.45, 7) is 3.20. The molecule has 9 heteroatoms. The number of H-pyrrole nitrogens is 1. The standard InChI is InChI=1S/C31H28F2N4O3/c1-19-14-23(20-2-4-21(5-3-20)30-34-9-10-35-30)15-24-18-36(12-13-40-29(19)24)31(39)37-11-8-25(38)17-28(37)22-6-7-26(32)27(33)16-22/h2-7,9-10,14-16,28H,8,11-13,17-18H2,1H3,(H,34,35). The van der Waals surface area contributed by atoms with Crippen LogP contribution in [0.4, 0.5) is 13.6 Å². The van der Waals surface area contributed by atoms with Gasteiger partial charge in [0.05, 0.1) is 19.1 Å². The van der Waals surface area contributed by atoms with Crippen molar-refractivity contribution in [2.45, 2.75) is 32.4 Å². The van der Waals surface area contributed by atoms with Gasteiger partial charge in [0.25, 0.3) is 0 Å². The lowest BCUT2D eigenvalue weighted by atomic mass is 9.94. The van der Waals surface area contributed by atoms with Gasteiger partial charge in [0, 0.05) is 42.9 Å². The molecule has 6 rings (SSSR count). The minimum Gasteiger partial charge on any atom is -0.491 e. The van der Waals surface area contributed by atoms with E-state index in [2.05, 4.69) is 16.0 Å². The van der Waals surface area contributed by atoms with Crippen LogP contribution in [-0.2, 0) is 11.3 Å². The van der Waals surface area contributed by atoms with E-state index < -0.39 is 17.7 Å². The fourth-order valence-electron chi connectivity index (χ4n) is 5.54. The van der Waals surface area contributed by atoms with Crippen molar-refractivity contribution in [1.82, 2.24) is 19.8 Å². The van der Waals surface area contributed by atoms with Gasteiger partial charge in [0.2, 0.25) is 0 Å². The van der Waals surface area contributed by atoms with Gasteiger partial charge in [-0.05, 0) is 53.4 Å². The summed E-state index contributed by atoms with van der Waals surface area (Å²) in [6.07, 6.45) is 3.79. The number of hydrogen-bond acceptors (Lipinski definition) is 4. The number of ketones is 1. The van der Waals surface area contributed by atoms with Crippen LogP contribution in [0.15, 0.2) is 67.0 Å². The Morgan fingerprint density at radius 2 is 1.80 bits per heavy atom. The Hall–Kier alpha value is -4.53. The molecule has 204 valence electrons. The molecule has 0 saturated carbocycles. The molecule has 0 aliphatic carbocycles. The average Bonchev–Trinajstić information content (AvgIpc) is 3.41. The van der Waals surface area contributed by atoms with Gasteiger partial charge in [-0.3, -0.25) is 4.79 Å². The van der Waals surface area contributed by atoms with Crippen LogP contribution in [0.1, 0.15) is 35.6 Å². The largest absolute Gasteiger partial charge is 0.491 e. The zero-order valence-electron chi connectivity index (χ0n) is 22.0. The van der Waals surface area contributed by atoms with E-state index in [0.717, 1.165) is 51.5 Å². The number of aromatic nitrogens is 2. The predicted octanol–water partition coefficient (Wildman–Crippen LogP) is 6.05. The fourth-order valence-corrected chi connectivity index (χ4v) is 5.54. The summed E-state index contributed by atoms with van der Waals surface area (Å²) in [7, 11) is 0. The van der Waals surface area contributed by atoms with Crippen molar-refractivity contribution in [3.63, 3.8) is 0 Å². The number of carbonyl (C=O) groups is 2. The summed E-state index contributed by atoms with van der Waals surface area (Å²) in [5.41, 5.74) is 5.27. The number of nitrogens with zero attached hydrogens (tertiary/aromatic N) is 3. The van der Waals surface area contributed by atoms with Crippen molar-refractivity contribution in [1.29, 1.82) is 0 Å². The number of Topliss-reactive ketones (excluding diaryl/α,β-unsaturated/α-hetero) is 1. The second-order valence-electron chi connectivity index (χ2n) is 10.2. The van der Waals surface area contributed by atoms with Crippen LogP contribution in [0, 0.1) is 18.6 Å². The molecule has 0 spiro atoms. The van der Waals surface area contributed by atoms with Gasteiger partial charge in [-0.25, -0.2) is 18.6 Å². The predicted molar refractivity (Wildman–Crippen MR) is 146 cm³/mol. The number of halogens is 2. The minimum atomic E-state index is -1.000. The highest BCUT2D eigenvalue weighted by Gasteiger charge is 2.35. The zero-order valence-corrected chi connectivity index (χ0v) is 22.0. The molecule has 1 N–H and O–H groups in total. The lowest BCUT2D eigenvalue weighted by Gasteiger charge is -2.38. The number of rotatable bonds is 3. The Bertz CT molecular complexity index is 1570. The highest BCUT2D eigenvalue weighted by atomic mass is 19.2. The number of aryl methyl sites for hydroxylation is 1. The second kappa shape index (κ2) is 10.6. The first-order chi connectivity index (χ1) is 19.4. The van der Waals surface area contributed by atoms with Gasteiger partial charge >= 0.3 is 6.03 Å². The molecule has 3 aromatic carbocycles. The number of hydrogen-bond donors (Lipinski definition) is 1. The normalized spacial score (nSPS) is 17.3. The number of piperidine rings is 1. The Labute approximate surface area is 230 Å². The number of fused-ring (bicyclic) bond motifs is 1. The van der Waals surface area contributed by atoms with E-state index in [0.29, 0.717) is 25.3 Å². The third kappa shape index (κ3) is 4.95. The molecule has 4 aromatic rings. The van der Waals surface area contributed by atoms with Crippen molar-refractivity contribution < 1.29 is 23.1 Å². The van der Waals surface area contributed by atoms with Crippen LogP contribution < -0.4 is 4.74 Å². The van der Waals surface area contributed by atoms with Crippen molar-refractivity contribution in [3.8, 4) is 28.3 Å². The monoisotopic (exact) mass is 542 g/mol. The zero-order chi connectivity index (χ0) is 27.8. The number of benzene rings is 3. The first-order valence-electron chi connectivity index (χ1n) is 13.3. The number of amides is 2. The van der Waals surface area contributed by atoms with Gasteiger partial charge in [-0.2, -0.15) is 0 Å². The third-order valence-electron chi connectivity index (χ3n) is 7.58. The van der Waals surface area contributed by atoms with Crippen LogP contribution in [0.2, 0.25) is 0 Å². The summed E-state index contributed by atoms with van der Waals surface area (Å²) in [4.78, 5) is 36.9. The highest BCUT2D eigenvalue weighted by molar-refractivity contribution is 5.84. The lowest BCUT2D eigenvalue weighted by molar-refractivity contribution is -0.122. The number of carbonyl (C=O) groups excluding carboxylic acids is 2. The topological polar surface area (TPSA) is 78.5 Å². The van der Waals surface area contributed by atoms with E-state index >= 15 is 0 Å². The van der Waals surface area contributed by atoms with Gasteiger partial charge in [-0.15, -0.1) is 0 Å². The fraction of sp³-hybridized carbons (Fsp3) is 0.258. The molecule has 1 fully saturated rings. The summed E-state index contributed by atoms with van der Waals surface area (Å²) < 4.78 is 33.7. The Balaban J connectivity index is 1.27. The summed E-state index contributed by atoms with van der Waals surface area (Å²) in [5, 5.41) is 0. The van der Waals surface area contributed by atoms with Crippen LogP contribution >= 0.6 is 0 Å². The van der Waals surface area contributed by atoms with Gasteiger partial charge in [0.1, 0.15) is 24.0 Å². The van der Waals surface area contributed by atoms with Crippen molar-refractivity contribution in [2.24, 2.45) is 0 Å². The molecule has 2 amide bonds. The molecule has 2 aliphatic heterocycles. The number of aromatic amines is 1. The number of imidazole rings is 1. The van der Waals surface area contributed by atoms with E-state index in [1.165, 1.54) is 6.07 Å². The lowest BCUT2D eigenvalue weighted by Crippen LogP contribution is -2.48. The molecule has 1 aromatic heterocycles. The van der Waals surface area contributed by atoms with E-state index in [1.807, 2.05) is 37.3 Å². The van der Waals surface area contributed by atoms with Gasteiger partial charge in [-0.1, -0.05) is 30.3 Å². The Kier molecular flexibility index (Phi) is 6.79. The first kappa shape index (κ1) is 25.7. The van der Waals surface area contributed by atoms with Crippen LogP contribution in [0.3, 0.4) is 0 Å². The van der Waals surface area contributed by atoms with Gasteiger partial charge < -0.3 is 19.5 Å². The van der Waals surface area contributed by atoms with Crippen LogP contribution in [0.5, 0.6) is 5.75 Å². The van der Waals surface area contributed by atoms with E-state index in [4.69, 9.17) is 4.74 Å². The molecule has 1 atom stereocenters. The number of urea groups is 1. The maximum atomic E-state index is 14.0. The Morgan fingerprint density at radius 3 is 2.55 bits per heavy atom. The third-order valence-corrected chi connectivity index (χ3v) is 7.58. The maximum absolute atomic E-state index is 14.0. The summed E-state index contributed by atoms with van der Waals surface area (Å²) in [6, 6.07) is 14.9. The second-order valence-corrected chi connectivity index (χ2v) is 10.2. The Morgan fingerprint density at radius 1 is 1.00 bits per heavy atom. The summed E-state index contributed by atoms with van der Waals surface area (Å²) in [5.74, 6) is -0.417. The molecular formula is C31H28F2N4O3.